The fourth-order valence-corrected chi connectivity index (χ4v) is 8.45. The number of amides is 2. The van der Waals surface area contributed by atoms with Crippen molar-refractivity contribution in [2.45, 2.75) is 76.0 Å². The Morgan fingerprint density at radius 3 is 2.33 bits per heavy atom. The maximum Gasteiger partial charge on any atom is 0.417 e. The van der Waals surface area contributed by atoms with E-state index in [4.69, 9.17) is 21.1 Å². The van der Waals surface area contributed by atoms with E-state index in [1.807, 2.05) is 44.2 Å². The molecule has 0 bridgehead atoms. The van der Waals surface area contributed by atoms with Crippen LogP contribution in [0.5, 0.6) is 0 Å². The van der Waals surface area contributed by atoms with Gasteiger partial charge in [0.15, 0.2) is 0 Å². The van der Waals surface area contributed by atoms with E-state index in [0.29, 0.717) is 44.0 Å². The van der Waals surface area contributed by atoms with Gasteiger partial charge in [-0.1, -0.05) is 41.9 Å². The predicted octanol–water partition coefficient (Wildman–Crippen LogP) is 6.50. The molecule has 0 N–H and O–H groups in total. The third-order valence-electron chi connectivity index (χ3n) is 9.37. The molecule has 3 aromatic rings. The third kappa shape index (κ3) is 7.90. The molecule has 0 saturated carbocycles. The Kier molecular flexibility index (Phi) is 10.5. The van der Waals surface area contributed by atoms with Crippen molar-refractivity contribution in [1.82, 2.24) is 24.3 Å². The SMILES string of the molecule is C[C@@H]1CN(c2nc(=O)n3c4c(c(Cl)c(C(F)(F)F)cc24)SC[C@@H]3CN2CCN(C(=O)OCc3ccccc3)CC2)[C@@H](C)CN1C(=O)OC(C)(C)C. The van der Waals surface area contributed by atoms with Gasteiger partial charge < -0.3 is 24.2 Å². The maximum atomic E-state index is 14.4. The Morgan fingerprint density at radius 1 is 1.00 bits per heavy atom. The molecule has 51 heavy (non-hydrogen) atoms. The molecular formula is C35H42ClF3N6O5S. The average Bonchev–Trinajstić information content (AvgIpc) is 3.06. The summed E-state index contributed by atoms with van der Waals surface area (Å²) in [6, 6.07) is 9.24. The first-order chi connectivity index (χ1) is 24.0. The smallest absolute Gasteiger partial charge is 0.417 e. The highest BCUT2D eigenvalue weighted by Crippen LogP contribution is 2.48. The van der Waals surface area contributed by atoms with E-state index in [1.54, 1.807) is 35.5 Å². The Hall–Kier alpha value is -3.69. The summed E-state index contributed by atoms with van der Waals surface area (Å²) in [4.78, 5) is 51.5. The van der Waals surface area contributed by atoms with Gasteiger partial charge in [-0.3, -0.25) is 9.47 Å². The van der Waals surface area contributed by atoms with Crippen LogP contribution in [0.25, 0.3) is 10.9 Å². The molecule has 6 rings (SSSR count). The summed E-state index contributed by atoms with van der Waals surface area (Å²) in [6.45, 7) is 12.0. The summed E-state index contributed by atoms with van der Waals surface area (Å²) in [7, 11) is 0. The number of benzene rings is 2. The van der Waals surface area contributed by atoms with E-state index in [-0.39, 0.29) is 41.8 Å². The average molecular weight is 751 g/mol. The summed E-state index contributed by atoms with van der Waals surface area (Å²) in [5, 5.41) is -0.267. The van der Waals surface area contributed by atoms with Gasteiger partial charge in [0.05, 0.1) is 27.0 Å². The number of carbonyl (C=O) groups is 2. The zero-order valence-corrected chi connectivity index (χ0v) is 30.8. The van der Waals surface area contributed by atoms with E-state index in [2.05, 4.69) is 9.88 Å². The number of carbonyl (C=O) groups excluding carboxylic acids is 2. The molecule has 3 aliphatic heterocycles. The Morgan fingerprint density at radius 2 is 1.69 bits per heavy atom. The molecule has 3 atom stereocenters. The van der Waals surface area contributed by atoms with E-state index in [9.17, 15) is 27.6 Å². The number of ether oxygens (including phenoxy) is 2. The first kappa shape index (κ1) is 37.1. The van der Waals surface area contributed by atoms with Crippen LogP contribution in [0.4, 0.5) is 28.6 Å². The van der Waals surface area contributed by atoms with Crippen LogP contribution in [-0.4, -0.2) is 106 Å². The summed E-state index contributed by atoms with van der Waals surface area (Å²) in [5.41, 5.74) is -1.06. The zero-order valence-electron chi connectivity index (χ0n) is 29.2. The molecule has 2 fully saturated rings. The van der Waals surface area contributed by atoms with Crippen LogP contribution in [-0.2, 0) is 22.3 Å². The number of halogens is 4. The Balaban J connectivity index is 1.26. The molecule has 0 unspecified atom stereocenters. The van der Waals surface area contributed by atoms with Crippen molar-refractivity contribution in [2.24, 2.45) is 0 Å². The number of piperazine rings is 2. The third-order valence-corrected chi connectivity index (χ3v) is 11.1. The van der Waals surface area contributed by atoms with Gasteiger partial charge in [0.1, 0.15) is 18.0 Å². The zero-order chi connectivity index (χ0) is 36.8. The van der Waals surface area contributed by atoms with Crippen LogP contribution >= 0.6 is 23.4 Å². The second kappa shape index (κ2) is 14.4. The molecule has 1 aromatic heterocycles. The van der Waals surface area contributed by atoms with Crippen LogP contribution in [0.3, 0.4) is 0 Å². The van der Waals surface area contributed by atoms with Gasteiger partial charge in [0, 0.05) is 69.0 Å². The van der Waals surface area contributed by atoms with Crippen molar-refractivity contribution in [3.05, 3.63) is 63.0 Å². The molecule has 276 valence electrons. The summed E-state index contributed by atoms with van der Waals surface area (Å²) in [6.07, 6.45) is -5.63. The van der Waals surface area contributed by atoms with E-state index < -0.39 is 52.3 Å². The fraction of sp³-hybridized carbons (Fsp3) is 0.543. The van der Waals surface area contributed by atoms with Crippen molar-refractivity contribution < 1.29 is 32.2 Å². The maximum absolute atomic E-state index is 14.4. The minimum absolute atomic E-state index is 0.127. The lowest BCUT2D eigenvalue weighted by molar-refractivity contribution is -0.137. The lowest BCUT2D eigenvalue weighted by Crippen LogP contribution is -2.59. The van der Waals surface area contributed by atoms with Gasteiger partial charge in [-0.25, -0.2) is 14.4 Å². The lowest BCUT2D eigenvalue weighted by atomic mass is 10.1. The quantitative estimate of drug-likeness (QED) is 0.289. The van der Waals surface area contributed by atoms with Crippen molar-refractivity contribution >= 4 is 52.3 Å². The number of hydrogen-bond donors (Lipinski definition) is 0. The van der Waals surface area contributed by atoms with Gasteiger partial charge >= 0.3 is 24.1 Å². The monoisotopic (exact) mass is 750 g/mol. The summed E-state index contributed by atoms with van der Waals surface area (Å²) >= 11 is 7.67. The highest BCUT2D eigenvalue weighted by molar-refractivity contribution is 7.99. The van der Waals surface area contributed by atoms with Gasteiger partial charge in [-0.05, 0) is 46.2 Å². The summed E-state index contributed by atoms with van der Waals surface area (Å²) < 4.78 is 55.7. The molecule has 4 heterocycles. The van der Waals surface area contributed by atoms with E-state index in [1.165, 1.54) is 16.3 Å². The van der Waals surface area contributed by atoms with Crippen LogP contribution in [0.15, 0.2) is 46.1 Å². The predicted molar refractivity (Wildman–Crippen MR) is 190 cm³/mol. The minimum atomic E-state index is -4.74. The number of alkyl halides is 3. The number of anilines is 1. The largest absolute Gasteiger partial charge is 0.445 e. The number of nitrogens with zero attached hydrogens (tertiary/aromatic N) is 6. The highest BCUT2D eigenvalue weighted by Gasteiger charge is 2.41. The Labute approximate surface area is 303 Å². The molecular weight excluding hydrogens is 709 g/mol. The molecule has 16 heteroatoms. The molecule has 2 saturated heterocycles. The van der Waals surface area contributed by atoms with E-state index in [0.717, 1.165) is 11.6 Å². The molecule has 2 amide bonds. The van der Waals surface area contributed by atoms with Crippen LogP contribution < -0.4 is 10.6 Å². The highest BCUT2D eigenvalue weighted by atomic mass is 35.5. The standard InChI is InChI=1S/C35H42ClF3N6O5S/c1-21-17-44(33(48)50-34(3,4)5)22(2)16-43(21)30-25-15-26(35(37,38)39)27(36)29-28(25)45(31(46)40-30)24(20-51-29)18-41-11-13-42(14-12-41)32(47)49-19-23-9-7-6-8-10-23/h6-10,15,21-22,24H,11-14,16-20H2,1-5H3/t21-,22+,24-/m0/s1. The minimum Gasteiger partial charge on any atom is -0.445 e. The van der Waals surface area contributed by atoms with Gasteiger partial charge in [0.25, 0.3) is 0 Å². The molecule has 0 radical (unpaired) electrons. The van der Waals surface area contributed by atoms with Gasteiger partial charge in [0.2, 0.25) is 0 Å². The number of thioether (sulfide) groups is 1. The van der Waals surface area contributed by atoms with Crippen LogP contribution in [0.2, 0.25) is 5.02 Å². The number of aromatic nitrogens is 2. The normalized spacial score (nSPS) is 21.6. The molecule has 11 nitrogen and oxygen atoms in total. The molecule has 3 aliphatic rings. The van der Waals surface area contributed by atoms with Gasteiger partial charge in [-0.2, -0.15) is 18.2 Å². The van der Waals surface area contributed by atoms with Crippen molar-refractivity contribution in [1.29, 1.82) is 0 Å². The van der Waals surface area contributed by atoms with Crippen LogP contribution in [0, 0.1) is 0 Å². The fourth-order valence-electron chi connectivity index (χ4n) is 6.84. The first-order valence-corrected chi connectivity index (χ1v) is 18.3. The van der Waals surface area contributed by atoms with E-state index >= 15 is 0 Å². The lowest BCUT2D eigenvalue weighted by Gasteiger charge is -2.45. The second-order valence-corrected chi connectivity index (χ2v) is 15.7. The molecule has 0 spiro atoms. The van der Waals surface area contributed by atoms with Crippen molar-refractivity contribution in [2.75, 3.05) is 56.5 Å². The number of rotatable bonds is 5. The Bertz CT molecular complexity index is 1850. The van der Waals surface area contributed by atoms with Crippen molar-refractivity contribution in [3.63, 3.8) is 0 Å². The van der Waals surface area contributed by atoms with Crippen molar-refractivity contribution in [3.8, 4) is 0 Å². The van der Waals surface area contributed by atoms with Gasteiger partial charge in [-0.15, -0.1) is 11.8 Å². The topological polar surface area (TPSA) is 100 Å². The number of hydrogen-bond acceptors (Lipinski definition) is 9. The first-order valence-electron chi connectivity index (χ1n) is 16.9. The second-order valence-electron chi connectivity index (χ2n) is 14.3. The molecule has 0 aliphatic carbocycles. The van der Waals surface area contributed by atoms with Crippen LogP contribution in [0.1, 0.15) is 51.8 Å². The molecule has 2 aromatic carbocycles. The summed E-state index contributed by atoms with van der Waals surface area (Å²) in [5.74, 6) is 0.438.